The van der Waals surface area contributed by atoms with Crippen LogP contribution in [-0.4, -0.2) is 27.0 Å². The topological polar surface area (TPSA) is 69.0 Å². The molecule has 1 amide bonds. The summed E-state index contributed by atoms with van der Waals surface area (Å²) in [5, 5.41) is 7.86. The number of nitrogens with one attached hydrogen (secondary N) is 1. The Balaban J connectivity index is 1.82. The molecule has 0 aliphatic heterocycles. The van der Waals surface area contributed by atoms with Crippen LogP contribution in [0.25, 0.3) is 11.0 Å². The number of alkyl halides is 3. The third kappa shape index (κ3) is 4.08. The van der Waals surface area contributed by atoms with Gasteiger partial charge in [0.1, 0.15) is 5.75 Å². The van der Waals surface area contributed by atoms with Crippen LogP contribution in [0.15, 0.2) is 30.3 Å². The van der Waals surface area contributed by atoms with E-state index < -0.39 is 12.4 Å². The van der Waals surface area contributed by atoms with E-state index >= 15 is 0 Å². The van der Waals surface area contributed by atoms with Crippen LogP contribution in [0.3, 0.4) is 0 Å². The summed E-state index contributed by atoms with van der Waals surface area (Å²) >= 11 is 0. The molecule has 2 aromatic heterocycles. The quantitative estimate of drug-likeness (QED) is 0.729. The van der Waals surface area contributed by atoms with Crippen LogP contribution in [-0.2, 0) is 7.05 Å². The summed E-state index contributed by atoms with van der Waals surface area (Å²) in [7, 11) is 1.76. The number of fused-ring (bicyclic) bond motifs is 1. The average Bonchev–Trinajstić information content (AvgIpc) is 2.87. The number of carbonyl (C=O) groups excluding carboxylic acids is 1. The number of carbonyl (C=O) groups is 1. The van der Waals surface area contributed by atoms with Gasteiger partial charge in [-0.05, 0) is 44.5 Å². The van der Waals surface area contributed by atoms with Crippen LogP contribution in [0.5, 0.6) is 5.75 Å². The largest absolute Gasteiger partial charge is 0.573 e. The van der Waals surface area contributed by atoms with Crippen molar-refractivity contribution in [2.45, 2.75) is 33.2 Å². The second-order valence-corrected chi connectivity index (χ2v) is 6.53. The van der Waals surface area contributed by atoms with Crippen LogP contribution in [0.2, 0.25) is 0 Å². The Kier molecular flexibility index (Phi) is 5.01. The van der Waals surface area contributed by atoms with Gasteiger partial charge in [-0.3, -0.25) is 9.48 Å². The Morgan fingerprint density at radius 1 is 1.21 bits per heavy atom. The van der Waals surface area contributed by atoms with Crippen LogP contribution < -0.4 is 10.1 Å². The fourth-order valence-corrected chi connectivity index (χ4v) is 3.06. The number of aromatic nitrogens is 3. The van der Waals surface area contributed by atoms with E-state index in [2.05, 4.69) is 20.1 Å². The monoisotopic (exact) mass is 392 g/mol. The van der Waals surface area contributed by atoms with E-state index in [1.807, 2.05) is 0 Å². The predicted molar refractivity (Wildman–Crippen MR) is 97.0 cm³/mol. The maximum absolute atomic E-state index is 12.9. The third-order valence-corrected chi connectivity index (χ3v) is 4.30. The summed E-state index contributed by atoms with van der Waals surface area (Å²) in [6, 6.07) is 6.66. The molecule has 0 aliphatic carbocycles. The fraction of sp³-hybridized carbons (Fsp3) is 0.316. The van der Waals surface area contributed by atoms with E-state index in [0.29, 0.717) is 33.5 Å². The summed E-state index contributed by atoms with van der Waals surface area (Å²) in [6.07, 6.45) is -4.74. The van der Waals surface area contributed by atoms with Crippen LogP contribution in [0, 0.1) is 13.8 Å². The summed E-state index contributed by atoms with van der Waals surface area (Å²) in [4.78, 5) is 17.3. The molecule has 1 aromatic carbocycles. The number of aryl methyl sites for hydroxylation is 3. The highest BCUT2D eigenvalue weighted by Crippen LogP contribution is 2.25. The first kappa shape index (κ1) is 19.7. The summed E-state index contributed by atoms with van der Waals surface area (Å²) < 4.78 is 42.3. The van der Waals surface area contributed by atoms with E-state index in [-0.39, 0.29) is 11.7 Å². The summed E-state index contributed by atoms with van der Waals surface area (Å²) in [5.74, 6) is -0.623. The molecular weight excluding hydrogens is 373 g/mol. The lowest BCUT2D eigenvalue weighted by Gasteiger charge is -2.16. The molecule has 0 spiro atoms. The van der Waals surface area contributed by atoms with Crippen LogP contribution in [0.1, 0.15) is 40.3 Å². The van der Waals surface area contributed by atoms with Crippen molar-refractivity contribution in [1.29, 1.82) is 0 Å². The molecule has 0 saturated heterocycles. The minimum atomic E-state index is -4.74. The molecule has 0 saturated carbocycles. The molecule has 28 heavy (non-hydrogen) atoms. The Hall–Kier alpha value is -3.10. The zero-order valence-corrected chi connectivity index (χ0v) is 15.8. The van der Waals surface area contributed by atoms with Crippen molar-refractivity contribution >= 4 is 16.9 Å². The number of hydrogen-bond donors (Lipinski definition) is 1. The van der Waals surface area contributed by atoms with E-state index in [1.165, 1.54) is 24.3 Å². The van der Waals surface area contributed by atoms with Crippen molar-refractivity contribution in [3.05, 3.63) is 52.8 Å². The first-order valence-corrected chi connectivity index (χ1v) is 8.52. The minimum absolute atomic E-state index is 0.310. The zero-order chi connectivity index (χ0) is 20.6. The number of hydrogen-bond acceptors (Lipinski definition) is 4. The number of ether oxygens (including phenoxy) is 1. The Labute approximate surface area is 159 Å². The molecule has 148 valence electrons. The van der Waals surface area contributed by atoms with Gasteiger partial charge in [0, 0.05) is 12.7 Å². The van der Waals surface area contributed by atoms with Gasteiger partial charge < -0.3 is 10.1 Å². The number of benzene rings is 1. The Morgan fingerprint density at radius 3 is 2.46 bits per heavy atom. The minimum Gasteiger partial charge on any atom is -0.406 e. The van der Waals surface area contributed by atoms with Crippen molar-refractivity contribution in [1.82, 2.24) is 20.1 Å². The van der Waals surface area contributed by atoms with E-state index in [1.54, 1.807) is 38.6 Å². The third-order valence-electron chi connectivity index (χ3n) is 4.30. The maximum atomic E-state index is 12.9. The number of nitrogens with zero attached hydrogens (tertiary/aromatic N) is 3. The van der Waals surface area contributed by atoms with Gasteiger partial charge in [-0.15, -0.1) is 13.2 Å². The van der Waals surface area contributed by atoms with Crippen molar-refractivity contribution in [2.24, 2.45) is 7.05 Å². The van der Waals surface area contributed by atoms with Crippen molar-refractivity contribution in [3.8, 4) is 5.75 Å². The molecule has 3 aromatic rings. The van der Waals surface area contributed by atoms with Gasteiger partial charge in [0.05, 0.1) is 22.7 Å². The second-order valence-electron chi connectivity index (χ2n) is 6.53. The fourth-order valence-electron chi connectivity index (χ4n) is 3.06. The van der Waals surface area contributed by atoms with Gasteiger partial charge >= 0.3 is 6.36 Å². The Morgan fingerprint density at radius 2 is 1.86 bits per heavy atom. The molecule has 0 aliphatic rings. The number of amides is 1. The van der Waals surface area contributed by atoms with Crippen LogP contribution >= 0.6 is 0 Å². The van der Waals surface area contributed by atoms with Gasteiger partial charge in [0.2, 0.25) is 0 Å². The van der Waals surface area contributed by atoms with E-state index in [0.717, 1.165) is 0 Å². The second kappa shape index (κ2) is 7.14. The van der Waals surface area contributed by atoms with E-state index in [4.69, 9.17) is 0 Å². The van der Waals surface area contributed by atoms with Gasteiger partial charge in [0.15, 0.2) is 5.65 Å². The summed E-state index contributed by atoms with van der Waals surface area (Å²) in [6.45, 7) is 5.35. The first-order chi connectivity index (χ1) is 13.0. The van der Waals surface area contributed by atoms with Crippen molar-refractivity contribution in [2.75, 3.05) is 0 Å². The number of pyridine rings is 1. The molecule has 1 atom stereocenters. The molecule has 1 N–H and O–H groups in total. The van der Waals surface area contributed by atoms with Crippen molar-refractivity contribution in [3.63, 3.8) is 0 Å². The van der Waals surface area contributed by atoms with Gasteiger partial charge in [-0.2, -0.15) is 5.10 Å². The van der Waals surface area contributed by atoms with E-state index in [9.17, 15) is 18.0 Å². The molecule has 9 heteroatoms. The highest BCUT2D eigenvalue weighted by molar-refractivity contribution is 6.06. The number of halogens is 3. The van der Waals surface area contributed by atoms with Crippen LogP contribution in [0.4, 0.5) is 13.2 Å². The van der Waals surface area contributed by atoms with Crippen molar-refractivity contribution < 1.29 is 22.7 Å². The van der Waals surface area contributed by atoms with Gasteiger partial charge in [-0.25, -0.2) is 4.98 Å². The normalized spacial score (nSPS) is 12.8. The molecule has 1 unspecified atom stereocenters. The summed E-state index contributed by atoms with van der Waals surface area (Å²) in [5.41, 5.74) is 3.09. The lowest BCUT2D eigenvalue weighted by atomic mass is 10.1. The highest BCUT2D eigenvalue weighted by Gasteiger charge is 2.31. The zero-order valence-electron chi connectivity index (χ0n) is 15.8. The molecule has 3 rings (SSSR count). The molecule has 0 fully saturated rings. The molecule has 2 heterocycles. The van der Waals surface area contributed by atoms with Gasteiger partial charge in [0.25, 0.3) is 5.91 Å². The number of rotatable bonds is 4. The standard InChI is InChI=1S/C19H19F3N4O2/c1-10-9-15(16-12(3)25-26(4)17(16)23-10)18(27)24-11(2)13-5-7-14(8-6-13)28-19(20,21)22/h5-9,11H,1-4H3,(H,24,27). The first-order valence-electron chi connectivity index (χ1n) is 8.52. The highest BCUT2D eigenvalue weighted by atomic mass is 19.4. The SMILES string of the molecule is Cc1cc(C(=O)NC(C)c2ccc(OC(F)(F)F)cc2)c2c(C)nn(C)c2n1. The lowest BCUT2D eigenvalue weighted by Crippen LogP contribution is -2.27. The molecule has 0 bridgehead atoms. The molecule has 6 nitrogen and oxygen atoms in total. The predicted octanol–water partition coefficient (Wildman–Crippen LogP) is 3.97. The van der Waals surface area contributed by atoms with Gasteiger partial charge in [-0.1, -0.05) is 12.1 Å². The smallest absolute Gasteiger partial charge is 0.406 e. The maximum Gasteiger partial charge on any atom is 0.573 e. The average molecular weight is 392 g/mol. The Bertz CT molecular complexity index is 1030. The lowest BCUT2D eigenvalue weighted by molar-refractivity contribution is -0.274. The molecule has 0 radical (unpaired) electrons. The molecular formula is C19H19F3N4O2.